The fourth-order valence-corrected chi connectivity index (χ4v) is 6.40. The van der Waals surface area contributed by atoms with Gasteiger partial charge in [0, 0.05) is 41.7 Å². The smallest absolute Gasteiger partial charge is 0.353 e. The fourth-order valence-electron chi connectivity index (χ4n) is 4.88. The van der Waals surface area contributed by atoms with Crippen molar-refractivity contribution in [1.29, 1.82) is 0 Å². The Hall–Kier alpha value is -2.57. The first kappa shape index (κ1) is 24.6. The van der Waals surface area contributed by atoms with Crippen LogP contribution in [0.25, 0.3) is 0 Å². The molecule has 186 valence electrons. The number of aliphatic hydroxyl groups excluding tert-OH is 2. The summed E-state index contributed by atoms with van der Waals surface area (Å²) in [7, 11) is 0. The molecule has 1 aromatic rings. The van der Waals surface area contributed by atoms with Gasteiger partial charge in [-0.3, -0.25) is 9.59 Å². The summed E-state index contributed by atoms with van der Waals surface area (Å²) in [6.45, 7) is 8.32. The number of carbonyl (C=O) groups is 3. The van der Waals surface area contributed by atoms with Gasteiger partial charge in [-0.15, -0.1) is 11.8 Å². The first-order valence-corrected chi connectivity index (χ1v) is 12.2. The van der Waals surface area contributed by atoms with E-state index in [-0.39, 0.29) is 59.6 Å². The molecule has 2 saturated heterocycles. The van der Waals surface area contributed by atoms with Gasteiger partial charge >= 0.3 is 5.97 Å². The quantitative estimate of drug-likeness (QED) is 0.417. The second-order valence-electron chi connectivity index (χ2n) is 9.25. The molecule has 2 amide bonds. The summed E-state index contributed by atoms with van der Waals surface area (Å²) >= 11 is 1.44. The van der Waals surface area contributed by atoms with E-state index in [2.05, 4.69) is 4.98 Å². The Morgan fingerprint density at radius 1 is 1.32 bits per heavy atom. The molecule has 34 heavy (non-hydrogen) atoms. The van der Waals surface area contributed by atoms with Crippen LogP contribution >= 0.6 is 11.8 Å². The number of nitrogens with zero attached hydrogens (tertiary/aromatic N) is 4. The highest BCUT2D eigenvalue weighted by Crippen LogP contribution is 2.52. The van der Waals surface area contributed by atoms with E-state index in [1.165, 1.54) is 27.8 Å². The maximum Gasteiger partial charge on any atom is 0.353 e. The molecule has 0 radical (unpaired) electrons. The fraction of sp³-hybridized carbons (Fsp3) is 0.636. The standard InChI is InChI=1S/C22H30N4O7S/c1-10(2)25(5-6-27)19(29)14-9-33-22(23-14)24-7-13(8-24)34-18-11(3)16-15(12(4)28)20(30)26(16)17(18)21(31)32/h9-13,15-16,27-28H,5-8H2,1-4H3,(H,31,32)/t11-,12-,15?,16?/m1/s1. The SMILES string of the molecule is CC(C)N(CCO)C(=O)c1coc(N2CC(SC3=C(C(=O)O)N4C(=O)C([C@@H](C)O)C4[C@H]3C)C2)n1. The monoisotopic (exact) mass is 494 g/mol. The number of aliphatic carboxylic acids is 1. The lowest BCUT2D eigenvalue weighted by Crippen LogP contribution is -2.63. The van der Waals surface area contributed by atoms with Crippen molar-refractivity contribution < 1.29 is 34.1 Å². The molecule has 3 aliphatic rings. The van der Waals surface area contributed by atoms with Crippen molar-refractivity contribution in [3.63, 3.8) is 0 Å². The van der Waals surface area contributed by atoms with E-state index in [0.717, 1.165) is 0 Å². The molecule has 0 spiro atoms. The zero-order chi connectivity index (χ0) is 24.9. The Morgan fingerprint density at radius 2 is 2.00 bits per heavy atom. The molecule has 4 rings (SSSR count). The van der Waals surface area contributed by atoms with E-state index in [4.69, 9.17) is 4.42 Å². The van der Waals surface area contributed by atoms with Gasteiger partial charge in [0.05, 0.1) is 24.7 Å². The third kappa shape index (κ3) is 3.97. The molecule has 0 saturated carbocycles. The van der Waals surface area contributed by atoms with Crippen LogP contribution in [0.4, 0.5) is 6.01 Å². The summed E-state index contributed by atoms with van der Waals surface area (Å²) in [5.74, 6) is -2.56. The van der Waals surface area contributed by atoms with Gasteiger partial charge in [-0.1, -0.05) is 6.92 Å². The van der Waals surface area contributed by atoms with E-state index in [0.29, 0.717) is 24.0 Å². The van der Waals surface area contributed by atoms with Crippen LogP contribution in [-0.4, -0.2) is 97.6 Å². The average Bonchev–Trinajstić information content (AvgIpc) is 3.29. The van der Waals surface area contributed by atoms with Crippen LogP contribution in [0.1, 0.15) is 38.2 Å². The van der Waals surface area contributed by atoms with Gasteiger partial charge in [-0.2, -0.15) is 4.98 Å². The number of oxazole rings is 1. The van der Waals surface area contributed by atoms with Crippen molar-refractivity contribution in [2.45, 2.75) is 51.1 Å². The number of amides is 2. The minimum absolute atomic E-state index is 0.0181. The van der Waals surface area contributed by atoms with Gasteiger partial charge in [0.1, 0.15) is 12.0 Å². The van der Waals surface area contributed by atoms with Crippen molar-refractivity contribution in [1.82, 2.24) is 14.8 Å². The minimum Gasteiger partial charge on any atom is -0.477 e. The van der Waals surface area contributed by atoms with E-state index in [1.807, 2.05) is 25.7 Å². The summed E-state index contributed by atoms with van der Waals surface area (Å²) in [5, 5.41) is 29.0. The second-order valence-corrected chi connectivity index (χ2v) is 10.6. The van der Waals surface area contributed by atoms with Crippen LogP contribution in [-0.2, 0) is 9.59 Å². The Bertz CT molecular complexity index is 1020. The molecule has 2 unspecified atom stereocenters. The Labute approximate surface area is 201 Å². The number of β-lactam (4-membered cyclic amide) rings is 1. The number of anilines is 1. The molecule has 12 heteroatoms. The largest absolute Gasteiger partial charge is 0.477 e. The molecule has 0 aromatic carbocycles. The van der Waals surface area contributed by atoms with Gasteiger partial charge < -0.3 is 34.4 Å². The maximum atomic E-state index is 12.7. The van der Waals surface area contributed by atoms with Gasteiger partial charge in [0.25, 0.3) is 11.9 Å². The average molecular weight is 495 g/mol. The Morgan fingerprint density at radius 3 is 2.56 bits per heavy atom. The normalized spacial score (nSPS) is 25.4. The summed E-state index contributed by atoms with van der Waals surface area (Å²) in [6, 6.07) is -0.116. The van der Waals surface area contributed by atoms with Crippen molar-refractivity contribution in [2.24, 2.45) is 11.8 Å². The van der Waals surface area contributed by atoms with Crippen LogP contribution in [0.3, 0.4) is 0 Å². The number of hydrogen-bond acceptors (Lipinski definition) is 9. The number of hydrogen-bond donors (Lipinski definition) is 3. The first-order chi connectivity index (χ1) is 16.1. The number of rotatable bonds is 9. The molecule has 0 bridgehead atoms. The molecule has 3 aliphatic heterocycles. The molecule has 4 heterocycles. The number of carboxylic acids is 1. The highest BCUT2D eigenvalue weighted by molar-refractivity contribution is 8.03. The summed E-state index contributed by atoms with van der Waals surface area (Å²) < 4.78 is 5.50. The summed E-state index contributed by atoms with van der Waals surface area (Å²) in [6.07, 6.45) is 0.475. The number of aromatic nitrogens is 1. The lowest BCUT2D eigenvalue weighted by molar-refractivity contribution is -0.163. The molecule has 3 N–H and O–H groups in total. The zero-order valence-corrected chi connectivity index (χ0v) is 20.4. The topological polar surface area (TPSA) is 148 Å². The number of thioether (sulfide) groups is 1. The number of fused-ring (bicyclic) bond motifs is 1. The maximum absolute atomic E-state index is 12.7. The second kappa shape index (κ2) is 9.23. The molecule has 4 atom stereocenters. The van der Waals surface area contributed by atoms with Gasteiger partial charge in [0.15, 0.2) is 5.69 Å². The first-order valence-electron chi connectivity index (χ1n) is 11.3. The Kier molecular flexibility index (Phi) is 6.67. The van der Waals surface area contributed by atoms with Crippen molar-refractivity contribution >= 4 is 35.6 Å². The van der Waals surface area contributed by atoms with E-state index < -0.39 is 18.0 Å². The van der Waals surface area contributed by atoms with Crippen molar-refractivity contribution in [2.75, 3.05) is 31.1 Å². The lowest BCUT2D eigenvalue weighted by atomic mass is 9.79. The summed E-state index contributed by atoms with van der Waals surface area (Å²) in [5.41, 5.74) is 0.185. The van der Waals surface area contributed by atoms with E-state index in [1.54, 1.807) is 6.92 Å². The zero-order valence-electron chi connectivity index (χ0n) is 19.5. The van der Waals surface area contributed by atoms with E-state index >= 15 is 0 Å². The van der Waals surface area contributed by atoms with Gasteiger partial charge in [-0.05, 0) is 20.8 Å². The number of carbonyl (C=O) groups excluding carboxylic acids is 2. The summed E-state index contributed by atoms with van der Waals surface area (Å²) in [4.78, 5) is 46.7. The van der Waals surface area contributed by atoms with Crippen LogP contribution in [0.15, 0.2) is 21.3 Å². The van der Waals surface area contributed by atoms with Crippen molar-refractivity contribution in [3.8, 4) is 0 Å². The molecular weight excluding hydrogens is 464 g/mol. The predicted octanol–water partition coefficient (Wildman–Crippen LogP) is 0.593. The lowest BCUT2D eigenvalue weighted by Gasteiger charge is -2.46. The van der Waals surface area contributed by atoms with Crippen LogP contribution in [0.2, 0.25) is 0 Å². The van der Waals surface area contributed by atoms with Crippen LogP contribution in [0.5, 0.6) is 0 Å². The van der Waals surface area contributed by atoms with Crippen LogP contribution in [0, 0.1) is 11.8 Å². The van der Waals surface area contributed by atoms with Gasteiger partial charge in [-0.25, -0.2) is 4.79 Å². The molecular formula is C22H30N4O7S. The van der Waals surface area contributed by atoms with Gasteiger partial charge in [0.2, 0.25) is 5.91 Å². The predicted molar refractivity (Wildman–Crippen MR) is 123 cm³/mol. The van der Waals surface area contributed by atoms with Crippen LogP contribution < -0.4 is 4.90 Å². The molecule has 11 nitrogen and oxygen atoms in total. The highest BCUT2D eigenvalue weighted by Gasteiger charge is 2.60. The number of aliphatic hydroxyl groups is 2. The third-order valence-electron chi connectivity index (χ3n) is 6.66. The molecule has 0 aliphatic carbocycles. The third-order valence-corrected chi connectivity index (χ3v) is 8.11. The molecule has 1 aromatic heterocycles. The molecule has 2 fully saturated rings. The van der Waals surface area contributed by atoms with Crippen molar-refractivity contribution in [3.05, 3.63) is 22.6 Å². The Balaban J connectivity index is 1.41. The number of carboxylic acid groups (broad SMARTS) is 1. The van der Waals surface area contributed by atoms with E-state index in [9.17, 15) is 29.7 Å². The highest BCUT2D eigenvalue weighted by atomic mass is 32.2. The minimum atomic E-state index is -1.14.